The molecule has 0 amide bonds. The molecule has 1 saturated carbocycles. The Hall–Kier alpha value is -4.48. The van der Waals surface area contributed by atoms with Gasteiger partial charge in [0.1, 0.15) is 11.2 Å². The van der Waals surface area contributed by atoms with Gasteiger partial charge in [-0.15, -0.1) is 0 Å². The number of hydrogen-bond acceptors (Lipinski definition) is 4. The quantitative estimate of drug-likeness (QED) is 0.129. The molecule has 6 aliphatic rings. The van der Waals surface area contributed by atoms with E-state index in [4.69, 9.17) is 4.42 Å². The number of para-hydroxylation sites is 1. The number of hydrogen-bond donors (Lipinski definition) is 3. The van der Waals surface area contributed by atoms with Crippen molar-refractivity contribution < 1.29 is 4.42 Å². The van der Waals surface area contributed by atoms with E-state index in [2.05, 4.69) is 137 Å². The third-order valence-corrected chi connectivity index (χ3v) is 13.7. The summed E-state index contributed by atoms with van der Waals surface area (Å²) in [6.45, 7) is 0. The van der Waals surface area contributed by atoms with E-state index in [-0.39, 0.29) is 18.5 Å². The first-order valence-corrected chi connectivity index (χ1v) is 20.4. The van der Waals surface area contributed by atoms with E-state index in [9.17, 15) is 0 Å². The van der Waals surface area contributed by atoms with Crippen LogP contribution in [0, 0.1) is 23.7 Å². The number of nitrogens with one attached hydrogen (secondary N) is 3. The first-order valence-electron chi connectivity index (χ1n) is 20.4. The van der Waals surface area contributed by atoms with E-state index in [1.165, 1.54) is 87.6 Å². The topological polar surface area (TPSA) is 49.2 Å². The van der Waals surface area contributed by atoms with Crippen LogP contribution >= 0.6 is 0 Å². The summed E-state index contributed by atoms with van der Waals surface area (Å²) in [5, 5.41) is 20.1. The third kappa shape index (κ3) is 5.61. The van der Waals surface area contributed by atoms with Gasteiger partial charge in [-0.2, -0.15) is 0 Å². The summed E-state index contributed by atoms with van der Waals surface area (Å²) in [6, 6.07) is 25.0. The highest BCUT2D eigenvalue weighted by Crippen LogP contribution is 2.50. The van der Waals surface area contributed by atoms with Crippen molar-refractivity contribution in [1.82, 2.24) is 16.0 Å². The first-order chi connectivity index (χ1) is 26.2. The van der Waals surface area contributed by atoms with Gasteiger partial charge >= 0.3 is 0 Å². The second-order valence-electron chi connectivity index (χ2n) is 16.7. The highest BCUT2D eigenvalue weighted by atomic mass is 16.3. The lowest BCUT2D eigenvalue weighted by atomic mass is 9.62. The Balaban J connectivity index is 0.946. The molecule has 5 aromatic rings. The lowest BCUT2D eigenvalue weighted by molar-refractivity contribution is 0.0805. The average Bonchev–Trinajstić information content (AvgIpc) is 3.62. The smallest absolute Gasteiger partial charge is 0.136 e. The van der Waals surface area contributed by atoms with Gasteiger partial charge in [0, 0.05) is 22.1 Å². The minimum Gasteiger partial charge on any atom is -0.456 e. The van der Waals surface area contributed by atoms with Crippen LogP contribution in [0.4, 0.5) is 0 Å². The SMILES string of the molecule is C1=CCCC(C2NC(C3C=CC4=C(CCC=C4)C3)NC(C3CC4C=CCCC4C(c4ccc5c(ccc6ccc7oc8ccccc8c7c65)c4)C3)N2)=C1. The predicted molar refractivity (Wildman–Crippen MR) is 219 cm³/mol. The molecule has 3 N–H and O–H groups in total. The second kappa shape index (κ2) is 13.1. The van der Waals surface area contributed by atoms with Crippen LogP contribution in [0.2, 0.25) is 0 Å². The first kappa shape index (κ1) is 32.0. The van der Waals surface area contributed by atoms with Gasteiger partial charge in [0.15, 0.2) is 0 Å². The average molecular weight is 696 g/mol. The fourth-order valence-corrected chi connectivity index (χ4v) is 11.1. The van der Waals surface area contributed by atoms with E-state index in [1.807, 2.05) is 0 Å². The molecule has 8 atom stereocenters. The maximum atomic E-state index is 6.33. The monoisotopic (exact) mass is 695 g/mol. The highest BCUT2D eigenvalue weighted by Gasteiger charge is 2.44. The van der Waals surface area contributed by atoms with Gasteiger partial charge in [-0.25, -0.2) is 0 Å². The Bertz CT molecular complexity index is 2440. The lowest BCUT2D eigenvalue weighted by Gasteiger charge is -2.50. The van der Waals surface area contributed by atoms with E-state index >= 15 is 0 Å². The summed E-state index contributed by atoms with van der Waals surface area (Å²) in [6.07, 6.45) is 32.9. The Labute approximate surface area is 312 Å². The van der Waals surface area contributed by atoms with Gasteiger partial charge in [0.25, 0.3) is 0 Å². The highest BCUT2D eigenvalue weighted by molar-refractivity contribution is 6.26. The molecular formula is C49H49N3O. The molecule has 2 fully saturated rings. The maximum absolute atomic E-state index is 6.33. The van der Waals surface area contributed by atoms with Crippen molar-refractivity contribution in [2.75, 3.05) is 0 Å². The van der Waals surface area contributed by atoms with Crippen LogP contribution in [0.15, 0.2) is 143 Å². The molecule has 0 radical (unpaired) electrons. The zero-order chi connectivity index (χ0) is 34.9. The van der Waals surface area contributed by atoms with Gasteiger partial charge in [-0.1, -0.05) is 115 Å². The van der Waals surface area contributed by atoms with E-state index in [0.717, 1.165) is 30.4 Å². The Morgan fingerprint density at radius 1 is 0.660 bits per heavy atom. The van der Waals surface area contributed by atoms with Crippen LogP contribution in [-0.2, 0) is 0 Å². The third-order valence-electron chi connectivity index (χ3n) is 13.7. The summed E-state index contributed by atoms with van der Waals surface area (Å²) in [5.74, 6) is 2.80. The van der Waals surface area contributed by atoms with E-state index in [1.54, 1.807) is 5.57 Å². The summed E-state index contributed by atoms with van der Waals surface area (Å²) >= 11 is 0. The molecule has 8 unspecified atom stereocenters. The molecule has 4 heteroatoms. The Kier molecular flexibility index (Phi) is 7.92. The molecule has 1 saturated heterocycles. The van der Waals surface area contributed by atoms with E-state index < -0.39 is 0 Å². The molecule has 0 bridgehead atoms. The van der Waals surface area contributed by atoms with Crippen LogP contribution in [-0.4, -0.2) is 18.5 Å². The van der Waals surface area contributed by atoms with Crippen molar-refractivity contribution in [1.29, 1.82) is 0 Å². The molecule has 2 heterocycles. The van der Waals surface area contributed by atoms with Gasteiger partial charge in [-0.05, 0) is 126 Å². The number of furan rings is 1. The number of allylic oxidation sites excluding steroid dienone is 10. The zero-order valence-corrected chi connectivity index (χ0v) is 30.4. The maximum Gasteiger partial charge on any atom is 0.136 e. The minimum absolute atomic E-state index is 0.189. The Morgan fingerprint density at radius 3 is 2.53 bits per heavy atom. The number of benzene rings is 4. The van der Waals surface area contributed by atoms with Crippen LogP contribution in [0.25, 0.3) is 43.5 Å². The van der Waals surface area contributed by atoms with Crippen LogP contribution < -0.4 is 16.0 Å². The summed E-state index contributed by atoms with van der Waals surface area (Å²) < 4.78 is 6.33. The van der Waals surface area contributed by atoms with Crippen molar-refractivity contribution >= 4 is 43.5 Å². The molecule has 4 nitrogen and oxygen atoms in total. The van der Waals surface area contributed by atoms with Crippen LogP contribution in [0.1, 0.15) is 69.3 Å². The molecule has 5 aliphatic carbocycles. The normalized spacial score (nSPS) is 31.4. The molecule has 0 spiro atoms. The molecule has 11 rings (SSSR count). The summed E-state index contributed by atoms with van der Waals surface area (Å²) in [7, 11) is 0. The number of fused-ring (bicyclic) bond motifs is 8. The van der Waals surface area contributed by atoms with Gasteiger partial charge in [-0.3, -0.25) is 16.0 Å². The van der Waals surface area contributed by atoms with Crippen molar-refractivity contribution in [3.8, 4) is 0 Å². The van der Waals surface area contributed by atoms with Crippen molar-refractivity contribution in [3.63, 3.8) is 0 Å². The van der Waals surface area contributed by atoms with Crippen LogP contribution in [0.3, 0.4) is 0 Å². The largest absolute Gasteiger partial charge is 0.456 e. The fraction of sp³-hybridized carbons (Fsp3) is 0.347. The van der Waals surface area contributed by atoms with E-state index in [0.29, 0.717) is 29.6 Å². The van der Waals surface area contributed by atoms with Crippen molar-refractivity contribution in [2.45, 2.75) is 82.2 Å². The van der Waals surface area contributed by atoms with Gasteiger partial charge < -0.3 is 4.42 Å². The standard InChI is InChI=1S/C49H49N3O/c1-2-11-32(12-3-1)47-50-48(37-21-18-30-10-4-5-13-33(30)26-37)52-49(51-47)38-28-34-14-6-7-15-39(34)42(29-38)36-22-24-40-35(27-36)20-19-31-23-25-44-46(45(31)40)41-16-8-9-17-43(41)53-44/h1-2,4,6,8-11,14,16-25,27,34,37-39,42,47-52H,3,5,7,12-13,15,26,28-29H2. The molecule has 266 valence electrons. The van der Waals surface area contributed by atoms with Gasteiger partial charge in [0.05, 0.1) is 18.5 Å². The second-order valence-corrected chi connectivity index (χ2v) is 16.7. The van der Waals surface area contributed by atoms with Gasteiger partial charge in [0.2, 0.25) is 0 Å². The molecule has 53 heavy (non-hydrogen) atoms. The molecule has 1 aromatic heterocycles. The lowest BCUT2D eigenvalue weighted by Crippen LogP contribution is -2.71. The molecular weight excluding hydrogens is 647 g/mol. The van der Waals surface area contributed by atoms with Crippen LogP contribution in [0.5, 0.6) is 0 Å². The zero-order valence-electron chi connectivity index (χ0n) is 30.4. The minimum atomic E-state index is 0.189. The predicted octanol–water partition coefficient (Wildman–Crippen LogP) is 11.2. The Morgan fingerprint density at radius 2 is 1.57 bits per heavy atom. The van der Waals surface area contributed by atoms with Crippen molar-refractivity contribution in [2.24, 2.45) is 23.7 Å². The molecule has 4 aromatic carbocycles. The summed E-state index contributed by atoms with van der Waals surface area (Å²) in [4.78, 5) is 0. The molecule has 1 aliphatic heterocycles. The van der Waals surface area contributed by atoms with Crippen molar-refractivity contribution in [3.05, 3.63) is 144 Å². The number of rotatable bonds is 4. The fourth-order valence-electron chi connectivity index (χ4n) is 11.1. The summed E-state index contributed by atoms with van der Waals surface area (Å²) in [5.41, 5.74) is 8.02.